The Hall–Kier alpha value is -3.02. The van der Waals surface area contributed by atoms with Crippen LogP contribution in [-0.4, -0.2) is 17.1 Å². The van der Waals surface area contributed by atoms with Crippen molar-refractivity contribution < 1.29 is 18.5 Å². The molecular weight excluding hydrogens is 320 g/mol. The highest BCUT2D eigenvalue weighted by Gasteiger charge is 2.29. The molecule has 0 spiro atoms. The normalized spacial score (nSPS) is 13.5. The zero-order chi connectivity index (χ0) is 17.2. The number of nitrogens with zero attached hydrogens (tertiary/aromatic N) is 1. The fourth-order valence-corrected chi connectivity index (χ4v) is 2.94. The topological polar surface area (TPSA) is 77.5 Å². The molecule has 6 heteroatoms. The zero-order valence-electron chi connectivity index (χ0n) is 13.8. The quantitative estimate of drug-likeness (QED) is 0.769. The van der Waals surface area contributed by atoms with Gasteiger partial charge in [-0.1, -0.05) is 17.3 Å². The van der Waals surface area contributed by atoms with Crippen LogP contribution in [0.5, 0.6) is 5.75 Å². The van der Waals surface area contributed by atoms with Crippen molar-refractivity contribution in [2.24, 2.45) is 0 Å². The standard InChI is InChI=1S/C19H18N2O4/c1-12(8-9-13-5-4-10-23-13)20-19(22)17-15-11-24-16-7-3-2-6-14(16)18(15)25-21-17/h2-7,10,12H,8-9,11H2,1H3,(H,20,22)/t12-/m1/s1. The molecule has 0 radical (unpaired) electrons. The highest BCUT2D eigenvalue weighted by molar-refractivity contribution is 5.95. The highest BCUT2D eigenvalue weighted by atomic mass is 16.5. The van der Waals surface area contributed by atoms with E-state index < -0.39 is 0 Å². The smallest absolute Gasteiger partial charge is 0.274 e. The average molecular weight is 338 g/mol. The molecule has 1 N–H and O–H groups in total. The lowest BCUT2D eigenvalue weighted by Crippen LogP contribution is -2.33. The molecule has 0 fully saturated rings. The number of benzene rings is 1. The van der Waals surface area contributed by atoms with Gasteiger partial charge in [0.1, 0.15) is 18.1 Å². The Labute approximate surface area is 144 Å². The summed E-state index contributed by atoms with van der Waals surface area (Å²) in [5.41, 5.74) is 1.80. The summed E-state index contributed by atoms with van der Waals surface area (Å²) in [5.74, 6) is 2.00. The summed E-state index contributed by atoms with van der Waals surface area (Å²) in [6.07, 6.45) is 3.19. The molecule has 1 aromatic carbocycles. The van der Waals surface area contributed by atoms with E-state index in [1.807, 2.05) is 43.3 Å². The lowest BCUT2D eigenvalue weighted by Gasteiger charge is -2.16. The summed E-state index contributed by atoms with van der Waals surface area (Å²) in [4.78, 5) is 12.5. The van der Waals surface area contributed by atoms with E-state index in [0.29, 0.717) is 11.3 Å². The van der Waals surface area contributed by atoms with Crippen LogP contribution in [0.15, 0.2) is 51.6 Å². The van der Waals surface area contributed by atoms with Gasteiger partial charge >= 0.3 is 0 Å². The second-order valence-corrected chi connectivity index (χ2v) is 6.12. The Balaban J connectivity index is 1.46. The molecule has 1 aliphatic rings. The molecule has 2 aromatic heterocycles. The van der Waals surface area contributed by atoms with E-state index in [1.165, 1.54) is 0 Å². The van der Waals surface area contributed by atoms with Gasteiger partial charge in [-0.25, -0.2) is 0 Å². The fourth-order valence-electron chi connectivity index (χ4n) is 2.94. The largest absolute Gasteiger partial charge is 0.488 e. The minimum atomic E-state index is -0.250. The van der Waals surface area contributed by atoms with Gasteiger partial charge in [-0.15, -0.1) is 0 Å². The minimum Gasteiger partial charge on any atom is -0.488 e. The molecular formula is C19H18N2O4. The van der Waals surface area contributed by atoms with Crippen LogP contribution in [0.4, 0.5) is 0 Å². The first kappa shape index (κ1) is 15.5. The van der Waals surface area contributed by atoms with Crippen molar-refractivity contribution in [2.45, 2.75) is 32.4 Å². The Bertz CT molecular complexity index is 883. The average Bonchev–Trinajstić information content (AvgIpc) is 3.29. The molecule has 3 heterocycles. The van der Waals surface area contributed by atoms with Crippen molar-refractivity contribution in [2.75, 3.05) is 0 Å². The molecule has 6 nitrogen and oxygen atoms in total. The molecule has 4 rings (SSSR count). The molecule has 1 aliphatic heterocycles. The summed E-state index contributed by atoms with van der Waals surface area (Å²) in [6, 6.07) is 11.3. The van der Waals surface area contributed by atoms with Gasteiger partial charge < -0.3 is 19.0 Å². The van der Waals surface area contributed by atoms with E-state index in [1.54, 1.807) is 6.26 Å². The van der Waals surface area contributed by atoms with Crippen LogP contribution < -0.4 is 10.1 Å². The number of ether oxygens (including phenoxy) is 1. The summed E-state index contributed by atoms with van der Waals surface area (Å²) in [7, 11) is 0. The van der Waals surface area contributed by atoms with Crippen LogP contribution >= 0.6 is 0 Å². The number of fused-ring (bicyclic) bond motifs is 3. The van der Waals surface area contributed by atoms with Crippen molar-refractivity contribution in [1.29, 1.82) is 0 Å². The third-order valence-corrected chi connectivity index (χ3v) is 4.29. The molecule has 0 saturated heterocycles. The maximum atomic E-state index is 12.5. The first-order valence-corrected chi connectivity index (χ1v) is 8.26. The van der Waals surface area contributed by atoms with Crippen molar-refractivity contribution in [3.63, 3.8) is 0 Å². The van der Waals surface area contributed by atoms with Crippen LogP contribution in [0.1, 0.15) is 35.2 Å². The van der Waals surface area contributed by atoms with Crippen LogP contribution in [0.25, 0.3) is 11.3 Å². The van der Waals surface area contributed by atoms with Gasteiger partial charge in [0, 0.05) is 12.5 Å². The Kier molecular flexibility index (Phi) is 4.01. The SMILES string of the molecule is C[C@H](CCc1ccco1)NC(=O)c1noc2c1COc1ccccc1-2. The lowest BCUT2D eigenvalue weighted by molar-refractivity contribution is 0.0927. The predicted molar refractivity (Wildman–Crippen MR) is 90.2 cm³/mol. The molecule has 1 amide bonds. The summed E-state index contributed by atoms with van der Waals surface area (Å²) >= 11 is 0. The third kappa shape index (κ3) is 3.03. The molecule has 0 bridgehead atoms. The second kappa shape index (κ2) is 6.47. The minimum absolute atomic E-state index is 0.0123. The van der Waals surface area contributed by atoms with Crippen molar-refractivity contribution in [1.82, 2.24) is 10.5 Å². The molecule has 25 heavy (non-hydrogen) atoms. The van der Waals surface area contributed by atoms with Gasteiger partial charge in [-0.2, -0.15) is 0 Å². The Morgan fingerprint density at radius 3 is 3.00 bits per heavy atom. The molecule has 3 aromatic rings. The highest BCUT2D eigenvalue weighted by Crippen LogP contribution is 2.38. The van der Waals surface area contributed by atoms with Crippen LogP contribution in [0.3, 0.4) is 0 Å². The molecule has 0 saturated carbocycles. The van der Waals surface area contributed by atoms with Gasteiger partial charge in [0.05, 0.1) is 17.4 Å². The number of hydrogen-bond acceptors (Lipinski definition) is 5. The van der Waals surface area contributed by atoms with E-state index >= 15 is 0 Å². The maximum absolute atomic E-state index is 12.5. The number of amides is 1. The van der Waals surface area contributed by atoms with Crippen LogP contribution in [0, 0.1) is 0 Å². The number of aryl methyl sites for hydroxylation is 1. The molecule has 0 unspecified atom stereocenters. The number of hydrogen-bond donors (Lipinski definition) is 1. The zero-order valence-corrected chi connectivity index (χ0v) is 13.8. The maximum Gasteiger partial charge on any atom is 0.274 e. The molecule has 0 aliphatic carbocycles. The predicted octanol–water partition coefficient (Wildman–Crippen LogP) is 3.58. The van der Waals surface area contributed by atoms with Crippen molar-refractivity contribution in [3.8, 4) is 17.1 Å². The van der Waals surface area contributed by atoms with Gasteiger partial charge in [0.2, 0.25) is 0 Å². The lowest BCUT2D eigenvalue weighted by atomic mass is 10.0. The summed E-state index contributed by atoms with van der Waals surface area (Å²) in [5, 5.41) is 6.93. The van der Waals surface area contributed by atoms with Crippen molar-refractivity contribution >= 4 is 5.91 Å². The number of carbonyl (C=O) groups is 1. The van der Waals surface area contributed by atoms with E-state index in [2.05, 4.69) is 10.5 Å². The van der Waals surface area contributed by atoms with Gasteiger partial charge in [-0.05, 0) is 37.6 Å². The van der Waals surface area contributed by atoms with Crippen LogP contribution in [-0.2, 0) is 13.0 Å². The third-order valence-electron chi connectivity index (χ3n) is 4.29. The van der Waals surface area contributed by atoms with E-state index in [9.17, 15) is 4.79 Å². The second-order valence-electron chi connectivity index (χ2n) is 6.12. The van der Waals surface area contributed by atoms with E-state index in [0.717, 1.165) is 29.9 Å². The number of carbonyl (C=O) groups excluding carboxylic acids is 1. The van der Waals surface area contributed by atoms with Gasteiger partial charge in [0.25, 0.3) is 5.91 Å². The first-order chi connectivity index (χ1) is 12.2. The Morgan fingerprint density at radius 2 is 2.16 bits per heavy atom. The Morgan fingerprint density at radius 1 is 1.28 bits per heavy atom. The van der Waals surface area contributed by atoms with E-state index in [-0.39, 0.29) is 24.2 Å². The van der Waals surface area contributed by atoms with Gasteiger partial charge in [0.15, 0.2) is 11.5 Å². The van der Waals surface area contributed by atoms with Gasteiger partial charge in [-0.3, -0.25) is 4.79 Å². The number of nitrogens with one attached hydrogen (secondary N) is 1. The summed E-state index contributed by atoms with van der Waals surface area (Å²) < 4.78 is 16.4. The number of aromatic nitrogens is 1. The monoisotopic (exact) mass is 338 g/mol. The molecule has 1 atom stereocenters. The number of para-hydroxylation sites is 1. The van der Waals surface area contributed by atoms with E-state index in [4.69, 9.17) is 13.7 Å². The first-order valence-electron chi connectivity index (χ1n) is 8.26. The number of rotatable bonds is 5. The van der Waals surface area contributed by atoms with Crippen molar-refractivity contribution in [3.05, 3.63) is 59.7 Å². The fraction of sp³-hybridized carbons (Fsp3) is 0.263. The number of furan rings is 1. The molecule has 128 valence electrons. The summed E-state index contributed by atoms with van der Waals surface area (Å²) in [6.45, 7) is 2.23. The van der Waals surface area contributed by atoms with Crippen LogP contribution in [0.2, 0.25) is 0 Å².